The van der Waals surface area contributed by atoms with Gasteiger partial charge in [-0.3, -0.25) is 0 Å². The van der Waals surface area contributed by atoms with Gasteiger partial charge >= 0.3 is 0 Å². The van der Waals surface area contributed by atoms with Gasteiger partial charge in [-0.1, -0.05) is 6.92 Å². The normalized spacial score (nSPS) is 26.6. The van der Waals surface area contributed by atoms with Crippen LogP contribution in [-0.4, -0.2) is 33.4 Å². The van der Waals surface area contributed by atoms with Crippen molar-refractivity contribution in [2.45, 2.75) is 51.5 Å². The van der Waals surface area contributed by atoms with Crippen LogP contribution in [0.15, 0.2) is 11.7 Å². The zero-order valence-corrected chi connectivity index (χ0v) is 13.1. The molecule has 0 spiro atoms. The summed E-state index contributed by atoms with van der Waals surface area (Å²) in [6, 6.07) is -0.221. The molecule has 0 aromatic rings. The molecular weight excluding hydrogens is 300 g/mol. The smallest absolute Gasteiger partial charge is 0.269 e. The number of sulfonamides is 1. The van der Waals surface area contributed by atoms with E-state index in [9.17, 15) is 17.2 Å². The standard InChI is InChI=1S/C14H23F2NO3S/c1-14(6-8-20-9-7-14)10-21(18,19)17-12-4-2-11(3-5-12)13(15)16/h12,17H,2-10H2,1H3. The van der Waals surface area contributed by atoms with E-state index < -0.39 is 16.1 Å². The minimum Gasteiger partial charge on any atom is -0.381 e. The summed E-state index contributed by atoms with van der Waals surface area (Å²) in [4.78, 5) is 0. The molecule has 122 valence electrons. The molecule has 1 aliphatic heterocycles. The maximum Gasteiger partial charge on any atom is 0.269 e. The predicted octanol–water partition coefficient (Wildman–Crippen LogP) is 2.82. The van der Waals surface area contributed by atoms with E-state index in [1.807, 2.05) is 6.92 Å². The summed E-state index contributed by atoms with van der Waals surface area (Å²) in [6.07, 6.45) is 1.32. The molecule has 0 aromatic heterocycles. The molecule has 0 radical (unpaired) electrons. The Morgan fingerprint density at radius 2 is 1.86 bits per heavy atom. The molecular formula is C14H23F2NO3S. The lowest BCUT2D eigenvalue weighted by molar-refractivity contribution is 0.0340. The quantitative estimate of drug-likeness (QED) is 0.865. The van der Waals surface area contributed by atoms with Gasteiger partial charge in [0.2, 0.25) is 10.0 Å². The Labute approximate surface area is 125 Å². The largest absolute Gasteiger partial charge is 0.381 e. The van der Waals surface area contributed by atoms with E-state index in [1.54, 1.807) is 0 Å². The van der Waals surface area contributed by atoms with Crippen LogP contribution in [0.1, 0.15) is 45.4 Å². The molecule has 2 rings (SSSR count). The van der Waals surface area contributed by atoms with E-state index in [1.165, 1.54) is 0 Å². The van der Waals surface area contributed by atoms with Crippen LogP contribution in [0, 0.1) is 5.41 Å². The number of hydrogen-bond donors (Lipinski definition) is 1. The number of hydrogen-bond acceptors (Lipinski definition) is 3. The SMILES string of the molecule is CC1(CS(=O)(=O)NC2CCC(=C(F)F)CC2)CCOCC1. The Kier molecular flexibility index (Phi) is 5.38. The minimum absolute atomic E-state index is 0.0834. The first kappa shape index (κ1) is 16.8. The highest BCUT2D eigenvalue weighted by atomic mass is 32.2. The van der Waals surface area contributed by atoms with Gasteiger partial charge in [-0.05, 0) is 49.5 Å². The third-order valence-corrected chi connectivity index (χ3v) is 6.21. The summed E-state index contributed by atoms with van der Waals surface area (Å²) >= 11 is 0. The Balaban J connectivity index is 1.88. The van der Waals surface area contributed by atoms with Crippen molar-refractivity contribution < 1.29 is 21.9 Å². The van der Waals surface area contributed by atoms with Crippen molar-refractivity contribution in [1.82, 2.24) is 4.72 Å². The fourth-order valence-electron chi connectivity index (χ4n) is 3.04. The fraction of sp³-hybridized carbons (Fsp3) is 0.857. The Morgan fingerprint density at radius 3 is 2.38 bits per heavy atom. The Bertz CT molecular complexity index is 484. The molecule has 1 saturated heterocycles. The van der Waals surface area contributed by atoms with Gasteiger partial charge < -0.3 is 4.74 Å². The van der Waals surface area contributed by atoms with Crippen LogP contribution in [0.2, 0.25) is 0 Å². The Hall–Kier alpha value is -0.530. The molecule has 1 heterocycles. The van der Waals surface area contributed by atoms with Crippen LogP contribution in [-0.2, 0) is 14.8 Å². The first-order valence-electron chi connectivity index (χ1n) is 7.40. The van der Waals surface area contributed by atoms with Crippen LogP contribution in [0.5, 0.6) is 0 Å². The zero-order valence-electron chi connectivity index (χ0n) is 12.3. The average molecular weight is 323 g/mol. The van der Waals surface area contributed by atoms with Crippen molar-refractivity contribution in [3.63, 3.8) is 0 Å². The molecule has 2 fully saturated rings. The lowest BCUT2D eigenvalue weighted by Crippen LogP contribution is -2.43. The first-order chi connectivity index (χ1) is 9.80. The summed E-state index contributed by atoms with van der Waals surface area (Å²) in [5.74, 6) is 0.0834. The summed E-state index contributed by atoms with van der Waals surface area (Å²) in [5, 5.41) is 0. The van der Waals surface area contributed by atoms with Crippen LogP contribution in [0.3, 0.4) is 0 Å². The van der Waals surface area contributed by atoms with Gasteiger partial charge in [0.15, 0.2) is 0 Å². The second-order valence-electron chi connectivity index (χ2n) is 6.44. The Morgan fingerprint density at radius 1 is 1.29 bits per heavy atom. The third kappa shape index (κ3) is 5.00. The van der Waals surface area contributed by atoms with Crippen molar-refractivity contribution in [2.24, 2.45) is 5.41 Å². The van der Waals surface area contributed by atoms with Gasteiger partial charge in [0.05, 0.1) is 5.75 Å². The van der Waals surface area contributed by atoms with Gasteiger partial charge in [-0.2, -0.15) is 8.78 Å². The molecule has 1 aliphatic carbocycles. The molecule has 2 aliphatic rings. The van der Waals surface area contributed by atoms with Crippen molar-refractivity contribution in [2.75, 3.05) is 19.0 Å². The van der Waals surface area contributed by atoms with Crippen molar-refractivity contribution in [3.05, 3.63) is 11.7 Å². The molecule has 21 heavy (non-hydrogen) atoms. The van der Waals surface area contributed by atoms with Crippen LogP contribution >= 0.6 is 0 Å². The summed E-state index contributed by atoms with van der Waals surface area (Å²) in [6.45, 7) is 3.16. The number of ether oxygens (including phenoxy) is 1. The lowest BCUT2D eigenvalue weighted by Gasteiger charge is -2.34. The van der Waals surface area contributed by atoms with E-state index in [4.69, 9.17) is 4.74 Å². The van der Waals surface area contributed by atoms with E-state index >= 15 is 0 Å². The molecule has 4 nitrogen and oxygen atoms in total. The van der Waals surface area contributed by atoms with E-state index in [0.717, 1.165) is 12.8 Å². The van der Waals surface area contributed by atoms with Crippen LogP contribution in [0.4, 0.5) is 8.78 Å². The average Bonchev–Trinajstić information content (AvgIpc) is 2.38. The van der Waals surface area contributed by atoms with Gasteiger partial charge in [0.1, 0.15) is 0 Å². The summed E-state index contributed by atoms with van der Waals surface area (Å²) < 4.78 is 57.5. The fourth-order valence-corrected chi connectivity index (χ4v) is 5.07. The van der Waals surface area contributed by atoms with Gasteiger partial charge in [-0.25, -0.2) is 13.1 Å². The maximum absolute atomic E-state index is 12.5. The summed E-state index contributed by atoms with van der Waals surface area (Å²) in [7, 11) is -3.39. The van der Waals surface area contributed by atoms with Crippen molar-refractivity contribution in [1.29, 1.82) is 0 Å². The summed E-state index contributed by atoms with van der Waals surface area (Å²) in [5.41, 5.74) is -0.0867. The second kappa shape index (κ2) is 6.71. The first-order valence-corrected chi connectivity index (χ1v) is 9.06. The van der Waals surface area contributed by atoms with Crippen molar-refractivity contribution in [3.8, 4) is 0 Å². The molecule has 0 aromatic carbocycles. The predicted molar refractivity (Wildman–Crippen MR) is 76.6 cm³/mol. The minimum atomic E-state index is -3.39. The highest BCUT2D eigenvalue weighted by Gasteiger charge is 2.34. The van der Waals surface area contributed by atoms with Crippen LogP contribution in [0.25, 0.3) is 0 Å². The van der Waals surface area contributed by atoms with Gasteiger partial charge in [0, 0.05) is 19.3 Å². The zero-order chi connectivity index (χ0) is 15.5. The molecule has 1 N–H and O–H groups in total. The highest BCUT2D eigenvalue weighted by Crippen LogP contribution is 2.32. The maximum atomic E-state index is 12.5. The van der Waals surface area contributed by atoms with E-state index in [2.05, 4.69) is 4.72 Å². The van der Waals surface area contributed by atoms with Crippen molar-refractivity contribution >= 4 is 10.0 Å². The number of allylic oxidation sites excluding steroid dienone is 1. The van der Waals surface area contributed by atoms with Gasteiger partial charge in [-0.15, -0.1) is 0 Å². The van der Waals surface area contributed by atoms with E-state index in [0.29, 0.717) is 26.1 Å². The molecule has 0 atom stereocenters. The molecule has 0 bridgehead atoms. The van der Waals surface area contributed by atoms with Crippen LogP contribution < -0.4 is 4.72 Å². The molecule has 0 amide bonds. The topological polar surface area (TPSA) is 55.4 Å². The monoisotopic (exact) mass is 323 g/mol. The third-order valence-electron chi connectivity index (χ3n) is 4.44. The number of rotatable bonds is 4. The highest BCUT2D eigenvalue weighted by molar-refractivity contribution is 7.89. The number of nitrogens with one attached hydrogen (secondary N) is 1. The molecule has 1 saturated carbocycles. The lowest BCUT2D eigenvalue weighted by atomic mass is 9.85. The molecule has 7 heteroatoms. The second-order valence-corrected chi connectivity index (χ2v) is 8.19. The number of halogens is 2. The molecule has 0 unspecified atom stereocenters. The van der Waals surface area contributed by atoms with E-state index in [-0.39, 0.29) is 35.6 Å². The van der Waals surface area contributed by atoms with Gasteiger partial charge in [0.25, 0.3) is 6.08 Å².